The largest absolute Gasteiger partial charge is 0.351 e. The fourth-order valence-corrected chi connectivity index (χ4v) is 1.44. The van der Waals surface area contributed by atoms with Crippen molar-refractivity contribution in [2.24, 2.45) is 5.41 Å². The van der Waals surface area contributed by atoms with Crippen molar-refractivity contribution >= 4 is 29.1 Å². The topological polar surface area (TPSA) is 29.1 Å². The van der Waals surface area contributed by atoms with Crippen LogP contribution in [-0.4, -0.2) is 11.8 Å². The van der Waals surface area contributed by atoms with Gasteiger partial charge in [-0.15, -0.1) is 11.6 Å². The number of alkyl halides is 1. The molecule has 0 heterocycles. The first-order chi connectivity index (χ1) is 7.47. The quantitative estimate of drug-likeness (QED) is 0.827. The van der Waals surface area contributed by atoms with Crippen molar-refractivity contribution in [3.63, 3.8) is 0 Å². The maximum absolute atomic E-state index is 11.7. The van der Waals surface area contributed by atoms with E-state index in [1.807, 2.05) is 32.0 Å². The monoisotopic (exact) mass is 259 g/mol. The lowest BCUT2D eigenvalue weighted by Crippen LogP contribution is -2.37. The van der Waals surface area contributed by atoms with Crippen LogP contribution >= 0.6 is 23.2 Å². The molecule has 88 valence electrons. The lowest BCUT2D eigenvalue weighted by atomic mass is 9.95. The molecular weight excluding hydrogens is 245 g/mol. The first kappa shape index (κ1) is 13.3. The van der Waals surface area contributed by atoms with Crippen LogP contribution in [0.15, 0.2) is 24.3 Å². The third-order valence-corrected chi connectivity index (χ3v) is 3.38. The summed E-state index contributed by atoms with van der Waals surface area (Å²) in [6, 6.07) is 7.43. The molecule has 0 radical (unpaired) electrons. The summed E-state index contributed by atoms with van der Waals surface area (Å²) in [7, 11) is 0. The van der Waals surface area contributed by atoms with E-state index in [9.17, 15) is 4.79 Å². The Morgan fingerprint density at radius 3 is 2.56 bits per heavy atom. The number of carbonyl (C=O) groups excluding carboxylic acids is 1. The molecule has 0 saturated heterocycles. The zero-order valence-corrected chi connectivity index (χ0v) is 10.9. The second-order valence-corrected chi connectivity index (χ2v) is 4.97. The number of benzene rings is 1. The first-order valence-electron chi connectivity index (χ1n) is 5.05. The van der Waals surface area contributed by atoms with Gasteiger partial charge in [0.15, 0.2) is 0 Å². The fraction of sp³-hybridized carbons (Fsp3) is 0.417. The van der Waals surface area contributed by atoms with Crippen LogP contribution in [0.2, 0.25) is 5.02 Å². The molecular formula is C12H15Cl2NO. The number of rotatable bonds is 4. The average molecular weight is 260 g/mol. The van der Waals surface area contributed by atoms with Crippen molar-refractivity contribution in [2.45, 2.75) is 20.4 Å². The molecule has 0 atom stereocenters. The van der Waals surface area contributed by atoms with E-state index in [0.29, 0.717) is 17.4 Å². The van der Waals surface area contributed by atoms with E-state index in [2.05, 4.69) is 5.32 Å². The van der Waals surface area contributed by atoms with Gasteiger partial charge in [-0.25, -0.2) is 0 Å². The second kappa shape index (κ2) is 5.55. The molecule has 4 heteroatoms. The van der Waals surface area contributed by atoms with Crippen LogP contribution in [0.4, 0.5) is 0 Å². The molecule has 0 bridgehead atoms. The third kappa shape index (κ3) is 3.39. The molecule has 0 saturated carbocycles. The molecule has 0 fully saturated rings. The minimum absolute atomic E-state index is 0.0672. The molecule has 2 nitrogen and oxygen atoms in total. The molecule has 16 heavy (non-hydrogen) atoms. The number of carbonyl (C=O) groups is 1. The van der Waals surface area contributed by atoms with E-state index in [4.69, 9.17) is 23.2 Å². The van der Waals surface area contributed by atoms with Gasteiger partial charge in [0.1, 0.15) is 0 Å². The minimum atomic E-state index is -0.553. The van der Waals surface area contributed by atoms with Gasteiger partial charge >= 0.3 is 0 Å². The van der Waals surface area contributed by atoms with E-state index in [1.165, 1.54) is 0 Å². The number of hydrogen-bond donors (Lipinski definition) is 1. The normalized spacial score (nSPS) is 11.2. The Morgan fingerprint density at radius 1 is 1.38 bits per heavy atom. The van der Waals surface area contributed by atoms with Gasteiger partial charge in [0.2, 0.25) is 5.91 Å². The molecule has 1 aromatic rings. The number of halogens is 2. The second-order valence-electron chi connectivity index (χ2n) is 4.29. The number of nitrogens with one attached hydrogen (secondary N) is 1. The van der Waals surface area contributed by atoms with Crippen LogP contribution in [0.5, 0.6) is 0 Å². The Hall–Kier alpha value is -0.730. The summed E-state index contributed by atoms with van der Waals surface area (Å²) in [6.07, 6.45) is 0. The van der Waals surface area contributed by atoms with Crippen LogP contribution in [0.25, 0.3) is 0 Å². The Morgan fingerprint density at radius 2 is 2.00 bits per heavy atom. The predicted molar refractivity (Wildman–Crippen MR) is 67.8 cm³/mol. The highest BCUT2D eigenvalue weighted by Gasteiger charge is 2.25. The van der Waals surface area contributed by atoms with Crippen molar-refractivity contribution in [3.8, 4) is 0 Å². The van der Waals surface area contributed by atoms with Gasteiger partial charge in [-0.3, -0.25) is 4.79 Å². The third-order valence-electron chi connectivity index (χ3n) is 2.35. The SMILES string of the molecule is CC(C)(CCl)C(=O)NCc1ccccc1Cl. The summed E-state index contributed by atoms with van der Waals surface area (Å²) in [5.74, 6) is 0.226. The van der Waals surface area contributed by atoms with Crippen LogP contribution < -0.4 is 5.32 Å². The van der Waals surface area contributed by atoms with E-state index in [0.717, 1.165) is 5.56 Å². The maximum Gasteiger partial charge on any atom is 0.227 e. The van der Waals surface area contributed by atoms with Gasteiger partial charge in [-0.05, 0) is 25.5 Å². The molecule has 0 unspecified atom stereocenters. The fourth-order valence-electron chi connectivity index (χ4n) is 1.12. The zero-order chi connectivity index (χ0) is 12.2. The zero-order valence-electron chi connectivity index (χ0n) is 9.39. The molecule has 1 amide bonds. The highest BCUT2D eigenvalue weighted by Crippen LogP contribution is 2.18. The summed E-state index contributed by atoms with van der Waals surface area (Å²) in [5.41, 5.74) is 0.353. The Labute approximate surface area is 106 Å². The maximum atomic E-state index is 11.7. The molecule has 0 aliphatic heterocycles. The first-order valence-corrected chi connectivity index (χ1v) is 5.96. The lowest BCUT2D eigenvalue weighted by molar-refractivity contribution is -0.128. The van der Waals surface area contributed by atoms with Crippen molar-refractivity contribution in [1.82, 2.24) is 5.32 Å². The Kier molecular flexibility index (Phi) is 4.63. The molecule has 1 aromatic carbocycles. The van der Waals surface area contributed by atoms with E-state index in [-0.39, 0.29) is 5.91 Å². The Bertz CT molecular complexity index is 377. The van der Waals surface area contributed by atoms with Gasteiger partial charge in [0.05, 0.1) is 5.41 Å². The average Bonchev–Trinajstić information content (AvgIpc) is 2.27. The van der Waals surface area contributed by atoms with Crippen LogP contribution in [0, 0.1) is 5.41 Å². The van der Waals surface area contributed by atoms with E-state index in [1.54, 1.807) is 6.07 Å². The van der Waals surface area contributed by atoms with E-state index < -0.39 is 5.41 Å². The molecule has 1 N–H and O–H groups in total. The standard InChI is InChI=1S/C12H15Cl2NO/c1-12(2,8-13)11(16)15-7-9-5-3-4-6-10(9)14/h3-6H,7-8H2,1-2H3,(H,15,16). The molecule has 0 aliphatic carbocycles. The van der Waals surface area contributed by atoms with E-state index >= 15 is 0 Å². The Balaban J connectivity index is 2.59. The number of amides is 1. The van der Waals surface area contributed by atoms with Crippen LogP contribution in [0.3, 0.4) is 0 Å². The summed E-state index contributed by atoms with van der Waals surface area (Å²) >= 11 is 11.7. The van der Waals surface area contributed by atoms with Crippen molar-refractivity contribution in [2.75, 3.05) is 5.88 Å². The number of hydrogen-bond acceptors (Lipinski definition) is 1. The van der Waals surface area contributed by atoms with Gasteiger partial charge < -0.3 is 5.32 Å². The van der Waals surface area contributed by atoms with Crippen molar-refractivity contribution < 1.29 is 4.79 Å². The molecule has 0 aromatic heterocycles. The molecule has 1 rings (SSSR count). The van der Waals surface area contributed by atoms with Gasteiger partial charge in [0, 0.05) is 17.4 Å². The summed E-state index contributed by atoms with van der Waals surface area (Å²) in [6.45, 7) is 4.04. The van der Waals surface area contributed by atoms with Crippen molar-refractivity contribution in [1.29, 1.82) is 0 Å². The van der Waals surface area contributed by atoms with Crippen molar-refractivity contribution in [3.05, 3.63) is 34.9 Å². The van der Waals surface area contributed by atoms with Crippen LogP contribution in [-0.2, 0) is 11.3 Å². The lowest BCUT2D eigenvalue weighted by Gasteiger charge is -2.20. The van der Waals surface area contributed by atoms with Gasteiger partial charge in [-0.1, -0.05) is 29.8 Å². The predicted octanol–water partition coefficient (Wildman–Crippen LogP) is 3.22. The summed E-state index contributed by atoms with van der Waals surface area (Å²) in [5, 5.41) is 3.48. The summed E-state index contributed by atoms with van der Waals surface area (Å²) < 4.78 is 0. The van der Waals surface area contributed by atoms with Gasteiger partial charge in [-0.2, -0.15) is 0 Å². The minimum Gasteiger partial charge on any atom is -0.351 e. The highest BCUT2D eigenvalue weighted by atomic mass is 35.5. The highest BCUT2D eigenvalue weighted by molar-refractivity contribution is 6.31. The molecule has 0 aliphatic rings. The molecule has 0 spiro atoms. The summed E-state index contributed by atoms with van der Waals surface area (Å²) in [4.78, 5) is 11.7. The van der Waals surface area contributed by atoms with Gasteiger partial charge in [0.25, 0.3) is 0 Å². The van der Waals surface area contributed by atoms with Crippen LogP contribution in [0.1, 0.15) is 19.4 Å². The smallest absolute Gasteiger partial charge is 0.227 e.